The Balaban J connectivity index is 1.62. The summed E-state index contributed by atoms with van der Waals surface area (Å²) in [7, 11) is 0. The maximum atomic E-state index is 12.2. The van der Waals surface area contributed by atoms with Gasteiger partial charge in [-0.1, -0.05) is 23.7 Å². The van der Waals surface area contributed by atoms with Crippen LogP contribution in [0, 0.1) is 5.92 Å². The van der Waals surface area contributed by atoms with E-state index in [1.807, 2.05) is 29.2 Å². The molecule has 7 heteroatoms. The van der Waals surface area contributed by atoms with Crippen LogP contribution in [0.2, 0.25) is 5.02 Å². The number of hydrogen-bond donors (Lipinski definition) is 2. The minimum absolute atomic E-state index is 0.0132. The highest BCUT2D eigenvalue weighted by Gasteiger charge is 2.26. The molecule has 0 aliphatic carbocycles. The van der Waals surface area contributed by atoms with Crippen molar-refractivity contribution in [2.75, 3.05) is 32.8 Å². The smallest absolute Gasteiger partial charge is 0.231 e. The number of halogens is 1. The molecule has 6 nitrogen and oxygen atoms in total. The average Bonchev–Trinajstić information content (AvgIpc) is 2.55. The molecule has 2 amide bonds. The largest absolute Gasteiger partial charge is 0.375 e. The molecule has 132 valence electrons. The zero-order valence-corrected chi connectivity index (χ0v) is 14.4. The van der Waals surface area contributed by atoms with E-state index in [4.69, 9.17) is 22.1 Å². The van der Waals surface area contributed by atoms with Gasteiger partial charge in [0.2, 0.25) is 11.8 Å². The second-order valence-corrected chi connectivity index (χ2v) is 6.45. The Morgan fingerprint density at radius 2 is 2.08 bits per heavy atom. The number of primary amides is 1. The van der Waals surface area contributed by atoms with Gasteiger partial charge < -0.3 is 15.8 Å². The molecule has 1 aliphatic rings. The Hall–Kier alpha value is -1.63. The third-order valence-corrected chi connectivity index (χ3v) is 4.24. The number of hydrogen-bond acceptors (Lipinski definition) is 4. The van der Waals surface area contributed by atoms with Crippen LogP contribution in [0.15, 0.2) is 24.3 Å². The third-order valence-electron chi connectivity index (χ3n) is 3.98. The number of rotatable bonds is 8. The van der Waals surface area contributed by atoms with Crippen molar-refractivity contribution in [1.82, 2.24) is 10.2 Å². The van der Waals surface area contributed by atoms with Gasteiger partial charge >= 0.3 is 0 Å². The number of nitrogens with one attached hydrogen (secondary N) is 1. The summed E-state index contributed by atoms with van der Waals surface area (Å²) in [6.07, 6.45) is 1.74. The molecule has 3 N–H and O–H groups in total. The number of benzene rings is 1. The van der Waals surface area contributed by atoms with Crippen LogP contribution < -0.4 is 11.1 Å². The van der Waals surface area contributed by atoms with E-state index in [9.17, 15) is 9.59 Å². The van der Waals surface area contributed by atoms with Crippen LogP contribution in [0.1, 0.15) is 18.4 Å². The summed E-state index contributed by atoms with van der Waals surface area (Å²) in [5, 5.41) is 3.59. The maximum absolute atomic E-state index is 12.2. The molecule has 0 saturated carbocycles. The molecule has 1 aliphatic heterocycles. The second-order valence-electron chi connectivity index (χ2n) is 6.01. The number of nitrogens with zero attached hydrogens (tertiary/aromatic N) is 1. The fourth-order valence-electron chi connectivity index (χ4n) is 2.79. The van der Waals surface area contributed by atoms with Gasteiger partial charge in [-0.25, -0.2) is 0 Å². The number of likely N-dealkylation sites (tertiary alicyclic amines) is 1. The van der Waals surface area contributed by atoms with E-state index in [-0.39, 0.29) is 24.3 Å². The molecule has 1 saturated heterocycles. The van der Waals surface area contributed by atoms with Gasteiger partial charge in [-0.3, -0.25) is 14.5 Å². The summed E-state index contributed by atoms with van der Waals surface area (Å²) < 4.78 is 5.54. The van der Waals surface area contributed by atoms with Crippen molar-refractivity contribution < 1.29 is 14.3 Å². The topological polar surface area (TPSA) is 84.7 Å². The SMILES string of the molecule is NC(=O)CN1CCCC(C(=O)NCCOCc2ccc(Cl)cc2)C1. The number of piperidine rings is 1. The van der Waals surface area contributed by atoms with Crippen molar-refractivity contribution in [1.29, 1.82) is 0 Å². The van der Waals surface area contributed by atoms with E-state index < -0.39 is 0 Å². The fourth-order valence-corrected chi connectivity index (χ4v) is 2.92. The summed E-state index contributed by atoms with van der Waals surface area (Å²) in [6, 6.07) is 7.47. The van der Waals surface area contributed by atoms with E-state index in [1.54, 1.807) is 0 Å². The number of nitrogens with two attached hydrogens (primary N) is 1. The van der Waals surface area contributed by atoms with Crippen molar-refractivity contribution in [3.05, 3.63) is 34.9 Å². The highest BCUT2D eigenvalue weighted by molar-refractivity contribution is 6.30. The lowest BCUT2D eigenvalue weighted by molar-refractivity contribution is -0.128. The summed E-state index contributed by atoms with van der Waals surface area (Å²) in [5.41, 5.74) is 6.25. The Kier molecular flexibility index (Phi) is 7.49. The van der Waals surface area contributed by atoms with Crippen molar-refractivity contribution >= 4 is 23.4 Å². The van der Waals surface area contributed by atoms with Gasteiger partial charge in [0.25, 0.3) is 0 Å². The van der Waals surface area contributed by atoms with Crippen molar-refractivity contribution in [2.24, 2.45) is 11.7 Å². The van der Waals surface area contributed by atoms with Crippen LogP contribution in [-0.4, -0.2) is 49.5 Å². The molecule has 24 heavy (non-hydrogen) atoms. The molecule has 1 heterocycles. The quantitative estimate of drug-likeness (QED) is 0.687. The number of carbonyl (C=O) groups is 2. The molecular weight excluding hydrogens is 330 g/mol. The fraction of sp³-hybridized carbons (Fsp3) is 0.529. The average molecular weight is 354 g/mol. The number of amides is 2. The van der Waals surface area contributed by atoms with E-state index in [1.165, 1.54) is 0 Å². The van der Waals surface area contributed by atoms with Crippen LogP contribution in [0.25, 0.3) is 0 Å². The van der Waals surface area contributed by atoms with Gasteiger partial charge in [0.15, 0.2) is 0 Å². The van der Waals surface area contributed by atoms with E-state index in [0.29, 0.717) is 31.3 Å². The first kappa shape index (κ1) is 18.7. The van der Waals surface area contributed by atoms with Gasteiger partial charge in [-0.2, -0.15) is 0 Å². The predicted octanol–water partition coefficient (Wildman–Crippen LogP) is 1.17. The molecule has 1 aromatic carbocycles. The monoisotopic (exact) mass is 353 g/mol. The first-order valence-electron chi connectivity index (χ1n) is 8.15. The van der Waals surface area contributed by atoms with Gasteiger partial charge in [0, 0.05) is 18.1 Å². The highest BCUT2D eigenvalue weighted by atomic mass is 35.5. The number of ether oxygens (including phenoxy) is 1. The van der Waals surface area contributed by atoms with E-state index in [0.717, 1.165) is 24.9 Å². The van der Waals surface area contributed by atoms with Crippen LogP contribution >= 0.6 is 11.6 Å². The Bertz CT molecular complexity index is 551. The molecule has 0 spiro atoms. The highest BCUT2D eigenvalue weighted by Crippen LogP contribution is 2.16. The van der Waals surface area contributed by atoms with Crippen molar-refractivity contribution in [2.45, 2.75) is 19.4 Å². The normalized spacial score (nSPS) is 18.3. The lowest BCUT2D eigenvalue weighted by Gasteiger charge is -2.30. The van der Waals surface area contributed by atoms with Crippen LogP contribution in [-0.2, 0) is 20.9 Å². The molecule has 1 atom stereocenters. The van der Waals surface area contributed by atoms with Gasteiger partial charge in [0.1, 0.15) is 0 Å². The lowest BCUT2D eigenvalue weighted by Crippen LogP contribution is -2.46. The summed E-state index contributed by atoms with van der Waals surface area (Å²) >= 11 is 5.82. The van der Waals surface area contributed by atoms with Crippen LogP contribution in [0.4, 0.5) is 0 Å². The molecule has 0 aromatic heterocycles. The first-order valence-corrected chi connectivity index (χ1v) is 8.53. The minimum Gasteiger partial charge on any atom is -0.375 e. The van der Waals surface area contributed by atoms with Gasteiger partial charge in [-0.15, -0.1) is 0 Å². The first-order chi connectivity index (χ1) is 11.5. The zero-order chi connectivity index (χ0) is 17.4. The molecule has 0 radical (unpaired) electrons. The Labute approximate surface area is 147 Å². The lowest BCUT2D eigenvalue weighted by atomic mass is 9.97. The Morgan fingerprint density at radius 3 is 2.79 bits per heavy atom. The summed E-state index contributed by atoms with van der Waals surface area (Å²) in [4.78, 5) is 25.1. The van der Waals surface area contributed by atoms with E-state index >= 15 is 0 Å². The summed E-state index contributed by atoms with van der Waals surface area (Å²) in [6.45, 7) is 3.03. The molecule has 1 fully saturated rings. The van der Waals surface area contributed by atoms with Gasteiger partial charge in [-0.05, 0) is 37.1 Å². The van der Waals surface area contributed by atoms with Crippen LogP contribution in [0.3, 0.4) is 0 Å². The van der Waals surface area contributed by atoms with Gasteiger partial charge in [0.05, 0.1) is 25.7 Å². The third kappa shape index (κ3) is 6.47. The molecular formula is C17H24ClN3O3. The minimum atomic E-state index is -0.355. The maximum Gasteiger partial charge on any atom is 0.231 e. The zero-order valence-electron chi connectivity index (χ0n) is 13.7. The van der Waals surface area contributed by atoms with Crippen molar-refractivity contribution in [3.8, 4) is 0 Å². The molecule has 1 unspecified atom stereocenters. The predicted molar refractivity (Wildman–Crippen MR) is 92.5 cm³/mol. The number of carbonyl (C=O) groups excluding carboxylic acids is 2. The second kappa shape index (κ2) is 9.61. The van der Waals surface area contributed by atoms with Crippen LogP contribution in [0.5, 0.6) is 0 Å². The van der Waals surface area contributed by atoms with E-state index in [2.05, 4.69) is 5.32 Å². The molecule has 0 bridgehead atoms. The summed E-state index contributed by atoms with van der Waals surface area (Å²) in [5.74, 6) is -0.430. The standard InChI is InChI=1S/C17H24ClN3O3/c18-15-5-3-13(4-6-15)12-24-9-7-20-17(23)14-2-1-8-21(10-14)11-16(19)22/h3-6,14H,1-2,7-12H2,(H2,19,22)(H,20,23). The molecule has 1 aromatic rings. The Morgan fingerprint density at radius 1 is 1.33 bits per heavy atom. The van der Waals surface area contributed by atoms with Crippen molar-refractivity contribution in [3.63, 3.8) is 0 Å². The molecule has 2 rings (SSSR count).